The number of aromatic nitrogens is 1. The molecule has 136 valence electrons. The molecule has 0 bridgehead atoms. The molecule has 0 unspecified atom stereocenters. The predicted molar refractivity (Wildman–Crippen MR) is 112 cm³/mol. The second-order valence-electron chi connectivity index (χ2n) is 8.45. The molecule has 2 aromatic rings. The van der Waals surface area contributed by atoms with Crippen LogP contribution >= 0.6 is 11.8 Å². The van der Waals surface area contributed by atoms with Crippen LogP contribution in [0.15, 0.2) is 52.5 Å². The second-order valence-corrected chi connectivity index (χ2v) is 9.53. The van der Waals surface area contributed by atoms with Crippen molar-refractivity contribution in [1.29, 1.82) is 0 Å². The van der Waals surface area contributed by atoms with Crippen molar-refractivity contribution in [3.63, 3.8) is 0 Å². The summed E-state index contributed by atoms with van der Waals surface area (Å²) in [4.78, 5) is 5.73. The van der Waals surface area contributed by atoms with Crippen molar-refractivity contribution in [3.05, 3.63) is 58.9 Å². The van der Waals surface area contributed by atoms with Crippen LogP contribution in [-0.4, -0.2) is 4.98 Å². The Morgan fingerprint density at radius 2 is 1.92 bits per heavy atom. The fraction of sp³-hybridized carbons (Fsp3) is 0.435. The van der Waals surface area contributed by atoms with E-state index in [2.05, 4.69) is 55.3 Å². The van der Waals surface area contributed by atoms with E-state index in [-0.39, 0.29) is 5.41 Å². The van der Waals surface area contributed by atoms with Gasteiger partial charge in [-0.2, -0.15) is 0 Å². The molecule has 2 nitrogen and oxygen atoms in total. The normalized spacial score (nSPS) is 20.7. The second kappa shape index (κ2) is 6.77. The van der Waals surface area contributed by atoms with E-state index >= 15 is 0 Å². The van der Waals surface area contributed by atoms with Crippen LogP contribution < -0.4 is 5.32 Å². The molecule has 1 aliphatic carbocycles. The molecule has 2 aliphatic rings. The van der Waals surface area contributed by atoms with E-state index in [0.29, 0.717) is 5.41 Å². The maximum absolute atomic E-state index is 4.40. The van der Waals surface area contributed by atoms with Gasteiger partial charge in [0, 0.05) is 11.1 Å². The highest BCUT2D eigenvalue weighted by Crippen LogP contribution is 2.52. The Bertz CT molecular complexity index is 817. The van der Waals surface area contributed by atoms with Gasteiger partial charge in [0.2, 0.25) is 0 Å². The van der Waals surface area contributed by atoms with Gasteiger partial charge in [0.1, 0.15) is 0 Å². The minimum atomic E-state index is 0.191. The molecular weight excluding hydrogens is 336 g/mol. The average Bonchev–Trinajstić information content (AvgIpc) is 3.04. The average molecular weight is 365 g/mol. The molecule has 0 spiro atoms. The Kier molecular flexibility index (Phi) is 4.60. The molecule has 26 heavy (non-hydrogen) atoms. The van der Waals surface area contributed by atoms with Crippen LogP contribution in [0.3, 0.4) is 0 Å². The zero-order valence-corrected chi connectivity index (χ0v) is 16.8. The number of pyridine rings is 1. The van der Waals surface area contributed by atoms with Crippen molar-refractivity contribution in [2.75, 3.05) is 5.32 Å². The molecule has 2 heterocycles. The lowest BCUT2D eigenvalue weighted by atomic mass is 9.57. The van der Waals surface area contributed by atoms with E-state index in [1.54, 1.807) is 0 Å². The first-order valence-electron chi connectivity index (χ1n) is 9.70. The third kappa shape index (κ3) is 3.18. The predicted octanol–water partition coefficient (Wildman–Crippen LogP) is 6.85. The van der Waals surface area contributed by atoms with Gasteiger partial charge in [-0.3, -0.25) is 4.98 Å². The van der Waals surface area contributed by atoms with Crippen molar-refractivity contribution >= 4 is 23.5 Å². The van der Waals surface area contributed by atoms with Crippen molar-refractivity contribution in [1.82, 2.24) is 4.98 Å². The highest BCUT2D eigenvalue weighted by Gasteiger charge is 2.42. The van der Waals surface area contributed by atoms with Gasteiger partial charge in [-0.15, -0.1) is 0 Å². The molecule has 1 aromatic heterocycles. The highest BCUT2D eigenvalue weighted by molar-refractivity contribution is 8.03. The number of nitrogens with zero attached hydrogens (tertiary/aromatic N) is 1. The number of rotatable bonds is 3. The highest BCUT2D eigenvalue weighted by atomic mass is 32.2. The Labute approximate surface area is 161 Å². The van der Waals surface area contributed by atoms with E-state index in [1.165, 1.54) is 48.3 Å². The maximum Gasteiger partial charge on any atom is 0.0796 e. The fourth-order valence-corrected chi connectivity index (χ4v) is 5.33. The largest absolute Gasteiger partial charge is 0.349 e. The van der Waals surface area contributed by atoms with Crippen LogP contribution in [0.2, 0.25) is 0 Å². The van der Waals surface area contributed by atoms with Gasteiger partial charge in [-0.25, -0.2) is 0 Å². The summed E-state index contributed by atoms with van der Waals surface area (Å²) in [5, 5.41) is 4.69. The molecule has 1 aliphatic heterocycles. The summed E-state index contributed by atoms with van der Waals surface area (Å²) in [6.07, 6.45) is 10.8. The zero-order valence-electron chi connectivity index (χ0n) is 16.0. The molecule has 0 radical (unpaired) electrons. The van der Waals surface area contributed by atoms with Crippen LogP contribution in [0.1, 0.15) is 64.1 Å². The smallest absolute Gasteiger partial charge is 0.0796 e. The van der Waals surface area contributed by atoms with Gasteiger partial charge < -0.3 is 5.32 Å². The summed E-state index contributed by atoms with van der Waals surface area (Å²) in [6, 6.07) is 13.0. The monoisotopic (exact) mass is 364 g/mol. The number of hydrogen-bond donors (Lipinski definition) is 1. The fourth-order valence-electron chi connectivity index (χ4n) is 4.34. The van der Waals surface area contributed by atoms with Crippen LogP contribution in [0.4, 0.5) is 5.69 Å². The summed E-state index contributed by atoms with van der Waals surface area (Å²) in [6.45, 7) is 7.38. The van der Waals surface area contributed by atoms with Crippen molar-refractivity contribution in [2.24, 2.45) is 5.41 Å². The molecule has 4 rings (SSSR count). The first-order chi connectivity index (χ1) is 12.5. The number of anilines is 1. The van der Waals surface area contributed by atoms with Gasteiger partial charge in [0.15, 0.2) is 0 Å². The van der Waals surface area contributed by atoms with E-state index < -0.39 is 0 Å². The van der Waals surface area contributed by atoms with Gasteiger partial charge in [0.05, 0.1) is 16.4 Å². The SMILES string of the molecule is CC1(C(C)(C)c2ccc3c(c2)SC(=Cc2ccccn2)N3)CCCCC1. The number of thioether (sulfide) groups is 1. The van der Waals surface area contributed by atoms with Gasteiger partial charge in [-0.05, 0) is 59.6 Å². The summed E-state index contributed by atoms with van der Waals surface area (Å²) in [7, 11) is 0. The third-order valence-electron chi connectivity index (χ3n) is 6.61. The Hall–Kier alpha value is -1.74. The molecule has 1 saturated carbocycles. The minimum Gasteiger partial charge on any atom is -0.349 e. The van der Waals surface area contributed by atoms with Crippen molar-refractivity contribution < 1.29 is 0 Å². The number of benzene rings is 1. The molecule has 0 atom stereocenters. The lowest BCUT2D eigenvalue weighted by Gasteiger charge is -2.47. The molecule has 1 aromatic carbocycles. The van der Waals surface area contributed by atoms with Gasteiger partial charge in [0.25, 0.3) is 0 Å². The lowest BCUT2D eigenvalue weighted by molar-refractivity contribution is 0.108. The van der Waals surface area contributed by atoms with Gasteiger partial charge in [-0.1, -0.05) is 63.9 Å². The van der Waals surface area contributed by atoms with Gasteiger partial charge >= 0.3 is 0 Å². The van der Waals surface area contributed by atoms with Crippen LogP contribution in [0.25, 0.3) is 6.08 Å². The molecule has 0 saturated heterocycles. The Morgan fingerprint density at radius 3 is 2.65 bits per heavy atom. The quantitative estimate of drug-likeness (QED) is 0.645. The van der Waals surface area contributed by atoms with Crippen LogP contribution in [-0.2, 0) is 5.41 Å². The molecule has 0 amide bonds. The van der Waals surface area contributed by atoms with E-state index in [1.807, 2.05) is 36.2 Å². The standard InChI is InChI=1S/C23H28N2S/c1-22(2,23(3)12-6-4-7-13-23)17-10-11-19-20(15-17)26-21(25-19)16-18-9-5-8-14-24-18/h5,8-11,14-16,25H,4,6-7,12-13H2,1-3H3. The first-order valence-corrected chi connectivity index (χ1v) is 10.5. The summed E-state index contributed by atoms with van der Waals surface area (Å²) in [5.41, 5.74) is 4.25. The Balaban J connectivity index is 1.60. The number of nitrogens with one attached hydrogen (secondary N) is 1. The van der Waals surface area contributed by atoms with Crippen molar-refractivity contribution in [3.8, 4) is 0 Å². The summed E-state index contributed by atoms with van der Waals surface area (Å²) in [5.74, 6) is 0. The maximum atomic E-state index is 4.40. The molecule has 1 fully saturated rings. The number of hydrogen-bond acceptors (Lipinski definition) is 3. The summed E-state index contributed by atoms with van der Waals surface area (Å²) >= 11 is 1.82. The van der Waals surface area contributed by atoms with E-state index in [0.717, 1.165) is 10.7 Å². The first kappa shape index (κ1) is 17.7. The molecule has 3 heteroatoms. The minimum absolute atomic E-state index is 0.191. The number of fused-ring (bicyclic) bond motifs is 1. The third-order valence-corrected chi connectivity index (χ3v) is 7.61. The van der Waals surface area contributed by atoms with E-state index in [9.17, 15) is 0 Å². The van der Waals surface area contributed by atoms with Crippen LogP contribution in [0.5, 0.6) is 0 Å². The molecular formula is C23H28N2S. The molecule has 1 N–H and O–H groups in total. The summed E-state index contributed by atoms with van der Waals surface area (Å²) < 4.78 is 0. The van der Waals surface area contributed by atoms with Crippen molar-refractivity contribution in [2.45, 2.75) is 63.2 Å². The van der Waals surface area contributed by atoms with Crippen LogP contribution in [0, 0.1) is 5.41 Å². The van der Waals surface area contributed by atoms with E-state index in [4.69, 9.17) is 0 Å². The lowest BCUT2D eigenvalue weighted by Crippen LogP contribution is -2.40. The zero-order chi connectivity index (χ0) is 18.2. The Morgan fingerprint density at radius 1 is 1.12 bits per heavy atom. The topological polar surface area (TPSA) is 24.9 Å².